The third kappa shape index (κ3) is 2.97. The van der Waals surface area contributed by atoms with Crippen molar-refractivity contribution >= 4 is 32.6 Å². The lowest BCUT2D eigenvalue weighted by molar-refractivity contribution is -0.119. The van der Waals surface area contributed by atoms with Gasteiger partial charge in [0.15, 0.2) is 5.13 Å². The molecule has 0 unspecified atom stereocenters. The molecule has 25 heavy (non-hydrogen) atoms. The topological polar surface area (TPSA) is 73.0 Å². The zero-order valence-electron chi connectivity index (χ0n) is 14.0. The van der Waals surface area contributed by atoms with Crippen molar-refractivity contribution in [2.24, 2.45) is 0 Å². The Bertz CT molecular complexity index is 953. The van der Waals surface area contributed by atoms with Gasteiger partial charge in [-0.3, -0.25) is 14.3 Å². The van der Waals surface area contributed by atoms with E-state index in [2.05, 4.69) is 10.1 Å². The van der Waals surface area contributed by atoms with Crippen LogP contribution in [0.1, 0.15) is 25.1 Å². The minimum atomic E-state index is -0.200. The lowest BCUT2D eigenvalue weighted by Gasteiger charge is -2.12. The van der Waals surface area contributed by atoms with Gasteiger partial charge in [-0.2, -0.15) is 5.10 Å². The first-order valence-corrected chi connectivity index (χ1v) is 9.24. The standard InChI is InChI=1S/C17H19N5O2S/c1-20(16-18-12-7-4-5-8-13(12)25-16)15(23)11-22-17(24)21-10-6-2-3-9-14(21)19-22/h4-5,7-8H,2-3,6,9-11H2,1H3. The van der Waals surface area contributed by atoms with Gasteiger partial charge in [-0.05, 0) is 25.0 Å². The van der Waals surface area contributed by atoms with Crippen LogP contribution in [0.3, 0.4) is 0 Å². The minimum Gasteiger partial charge on any atom is -0.290 e. The Labute approximate surface area is 148 Å². The molecule has 1 aliphatic rings. The Morgan fingerprint density at radius 2 is 2.12 bits per heavy atom. The number of carbonyl (C=O) groups is 1. The fraction of sp³-hybridized carbons (Fsp3) is 0.412. The number of benzene rings is 1. The highest BCUT2D eigenvalue weighted by atomic mass is 32.1. The van der Waals surface area contributed by atoms with Gasteiger partial charge in [0.25, 0.3) is 0 Å². The molecular formula is C17H19N5O2S. The summed E-state index contributed by atoms with van der Waals surface area (Å²) in [5, 5.41) is 5.00. The van der Waals surface area contributed by atoms with Crippen molar-refractivity contribution in [3.63, 3.8) is 0 Å². The van der Waals surface area contributed by atoms with E-state index in [1.165, 1.54) is 20.9 Å². The first kappa shape index (κ1) is 16.0. The lowest BCUT2D eigenvalue weighted by atomic mass is 10.2. The largest absolute Gasteiger partial charge is 0.346 e. The molecule has 8 heteroatoms. The molecule has 4 rings (SSSR count). The molecule has 0 saturated carbocycles. The van der Waals surface area contributed by atoms with E-state index in [9.17, 15) is 9.59 Å². The number of hydrogen-bond acceptors (Lipinski definition) is 5. The first-order chi connectivity index (χ1) is 12.1. The molecule has 3 heterocycles. The number of anilines is 1. The van der Waals surface area contributed by atoms with E-state index in [0.29, 0.717) is 11.7 Å². The Hall–Kier alpha value is -2.48. The molecule has 1 amide bonds. The van der Waals surface area contributed by atoms with E-state index in [1.54, 1.807) is 11.6 Å². The number of amides is 1. The van der Waals surface area contributed by atoms with Crippen LogP contribution in [-0.2, 0) is 24.3 Å². The van der Waals surface area contributed by atoms with Crippen molar-refractivity contribution in [1.29, 1.82) is 0 Å². The normalized spacial score (nSPS) is 14.3. The quantitative estimate of drug-likeness (QED) is 0.719. The molecule has 7 nitrogen and oxygen atoms in total. The van der Waals surface area contributed by atoms with Gasteiger partial charge in [-0.15, -0.1) is 0 Å². The molecule has 1 aromatic carbocycles. The van der Waals surface area contributed by atoms with Crippen LogP contribution < -0.4 is 10.6 Å². The van der Waals surface area contributed by atoms with Crippen molar-refractivity contribution in [3.05, 3.63) is 40.6 Å². The summed E-state index contributed by atoms with van der Waals surface area (Å²) in [4.78, 5) is 31.1. The number of aryl methyl sites for hydroxylation is 1. The predicted octanol–water partition coefficient (Wildman–Crippen LogP) is 2.04. The van der Waals surface area contributed by atoms with Crippen molar-refractivity contribution in [2.45, 2.75) is 38.8 Å². The summed E-state index contributed by atoms with van der Waals surface area (Å²) >= 11 is 1.46. The van der Waals surface area contributed by atoms with E-state index in [-0.39, 0.29) is 18.1 Å². The highest BCUT2D eigenvalue weighted by Crippen LogP contribution is 2.27. The van der Waals surface area contributed by atoms with Gasteiger partial charge >= 0.3 is 5.69 Å². The summed E-state index contributed by atoms with van der Waals surface area (Å²) in [5.41, 5.74) is 0.677. The van der Waals surface area contributed by atoms with Gasteiger partial charge < -0.3 is 0 Å². The predicted molar refractivity (Wildman–Crippen MR) is 97.1 cm³/mol. The molecule has 3 aromatic rings. The molecule has 130 valence electrons. The summed E-state index contributed by atoms with van der Waals surface area (Å²) in [6, 6.07) is 7.77. The second kappa shape index (κ2) is 6.44. The van der Waals surface area contributed by atoms with Gasteiger partial charge in [-0.1, -0.05) is 29.9 Å². The molecule has 0 aliphatic carbocycles. The maximum atomic E-state index is 12.6. The van der Waals surface area contributed by atoms with Crippen LogP contribution in [0.15, 0.2) is 29.1 Å². The zero-order valence-corrected chi connectivity index (χ0v) is 14.8. The van der Waals surface area contributed by atoms with Crippen molar-refractivity contribution < 1.29 is 4.79 Å². The molecule has 0 spiro atoms. The summed E-state index contributed by atoms with van der Waals surface area (Å²) in [5.74, 6) is 0.590. The van der Waals surface area contributed by atoms with Gasteiger partial charge in [0, 0.05) is 20.0 Å². The van der Waals surface area contributed by atoms with E-state index in [1.807, 2.05) is 24.3 Å². The Morgan fingerprint density at radius 3 is 2.96 bits per heavy atom. The van der Waals surface area contributed by atoms with Gasteiger partial charge in [0.2, 0.25) is 5.91 Å². The highest BCUT2D eigenvalue weighted by Gasteiger charge is 2.20. The van der Waals surface area contributed by atoms with Crippen LogP contribution in [0.4, 0.5) is 5.13 Å². The number of rotatable bonds is 3. The Balaban J connectivity index is 1.56. The minimum absolute atomic E-state index is 0.0642. The number of likely N-dealkylation sites (N-methyl/N-ethyl adjacent to an activating group) is 1. The van der Waals surface area contributed by atoms with Crippen molar-refractivity contribution in [1.82, 2.24) is 19.3 Å². The van der Waals surface area contributed by atoms with Gasteiger partial charge in [-0.25, -0.2) is 14.5 Å². The number of nitrogens with zero attached hydrogens (tertiary/aromatic N) is 5. The number of thiazole rings is 1. The summed E-state index contributed by atoms with van der Waals surface area (Å²) in [7, 11) is 1.69. The summed E-state index contributed by atoms with van der Waals surface area (Å²) < 4.78 is 4.02. The smallest absolute Gasteiger partial charge is 0.290 e. The third-order valence-corrected chi connectivity index (χ3v) is 5.62. The van der Waals surface area contributed by atoms with Crippen LogP contribution in [0, 0.1) is 0 Å². The highest BCUT2D eigenvalue weighted by molar-refractivity contribution is 7.22. The first-order valence-electron chi connectivity index (χ1n) is 8.42. The number of para-hydroxylation sites is 1. The maximum Gasteiger partial charge on any atom is 0.346 e. The second-order valence-corrected chi connectivity index (χ2v) is 7.24. The van der Waals surface area contributed by atoms with Crippen LogP contribution in [0.5, 0.6) is 0 Å². The zero-order chi connectivity index (χ0) is 17.4. The molecule has 0 saturated heterocycles. The van der Waals surface area contributed by atoms with E-state index >= 15 is 0 Å². The maximum absolute atomic E-state index is 12.6. The molecule has 0 atom stereocenters. The Kier molecular flexibility index (Phi) is 4.12. The SMILES string of the molecule is CN(C(=O)Cn1nc2n(c1=O)CCCCC2)c1nc2ccccc2s1. The summed E-state index contributed by atoms with van der Waals surface area (Å²) in [6.45, 7) is 0.626. The van der Waals surface area contributed by atoms with E-state index in [0.717, 1.165) is 41.7 Å². The molecule has 0 radical (unpaired) electrons. The number of hydrogen-bond donors (Lipinski definition) is 0. The van der Waals surface area contributed by atoms with Crippen LogP contribution in [0.2, 0.25) is 0 Å². The van der Waals surface area contributed by atoms with Crippen molar-refractivity contribution in [3.8, 4) is 0 Å². The van der Waals surface area contributed by atoms with Crippen LogP contribution >= 0.6 is 11.3 Å². The van der Waals surface area contributed by atoms with E-state index in [4.69, 9.17) is 0 Å². The van der Waals surface area contributed by atoms with Crippen LogP contribution in [-0.4, -0.2) is 32.3 Å². The lowest BCUT2D eigenvalue weighted by Crippen LogP contribution is -2.35. The molecular weight excluding hydrogens is 338 g/mol. The average molecular weight is 357 g/mol. The molecule has 0 bridgehead atoms. The summed E-state index contributed by atoms with van der Waals surface area (Å²) in [6.07, 6.45) is 3.93. The second-order valence-electron chi connectivity index (χ2n) is 6.24. The Morgan fingerprint density at radius 1 is 1.28 bits per heavy atom. The fourth-order valence-electron chi connectivity index (χ4n) is 3.07. The molecule has 1 aliphatic heterocycles. The van der Waals surface area contributed by atoms with Gasteiger partial charge in [0.1, 0.15) is 12.4 Å². The average Bonchev–Trinajstić information content (AvgIpc) is 3.07. The van der Waals surface area contributed by atoms with Crippen molar-refractivity contribution in [2.75, 3.05) is 11.9 Å². The van der Waals surface area contributed by atoms with E-state index < -0.39 is 0 Å². The number of aromatic nitrogens is 4. The molecule has 0 fully saturated rings. The number of carbonyl (C=O) groups excluding carboxylic acids is 1. The monoisotopic (exact) mass is 357 g/mol. The number of fused-ring (bicyclic) bond motifs is 2. The molecule has 0 N–H and O–H groups in total. The van der Waals surface area contributed by atoms with Crippen LogP contribution in [0.25, 0.3) is 10.2 Å². The molecule has 2 aromatic heterocycles. The fourth-order valence-corrected chi connectivity index (χ4v) is 4.02. The third-order valence-electron chi connectivity index (χ3n) is 4.51. The van der Waals surface area contributed by atoms with Gasteiger partial charge in [0.05, 0.1) is 10.2 Å².